The van der Waals surface area contributed by atoms with Crippen molar-refractivity contribution in [2.45, 2.75) is 25.3 Å². The Morgan fingerprint density at radius 3 is 2.82 bits per heavy atom. The van der Waals surface area contributed by atoms with E-state index in [1.807, 2.05) is 0 Å². The summed E-state index contributed by atoms with van der Waals surface area (Å²) in [7, 11) is 0. The molecule has 1 aromatic carbocycles. The lowest BCUT2D eigenvalue weighted by atomic mass is 10.2. The van der Waals surface area contributed by atoms with Gasteiger partial charge in [0.1, 0.15) is 0 Å². The van der Waals surface area contributed by atoms with Gasteiger partial charge in [0.05, 0.1) is 22.6 Å². The molecule has 0 bridgehead atoms. The third-order valence-corrected chi connectivity index (χ3v) is 3.98. The number of hydrogen-bond acceptors (Lipinski definition) is 3. The van der Waals surface area contributed by atoms with Crippen molar-refractivity contribution in [1.82, 2.24) is 14.9 Å². The lowest BCUT2D eigenvalue weighted by Crippen LogP contribution is -2.31. The van der Waals surface area contributed by atoms with E-state index in [0.29, 0.717) is 29.6 Å². The van der Waals surface area contributed by atoms with E-state index in [1.165, 1.54) is 4.57 Å². The Morgan fingerprint density at radius 1 is 1.36 bits per heavy atom. The first kappa shape index (κ1) is 14.8. The predicted molar refractivity (Wildman–Crippen MR) is 84.3 cm³/mol. The number of benzene rings is 1. The number of hydrogen-bond donors (Lipinski definition) is 1. The fourth-order valence-electron chi connectivity index (χ4n) is 2.24. The number of nitrogens with zero attached hydrogens (tertiary/aromatic N) is 2. The number of rotatable bonds is 5. The Hall–Kier alpha value is -2.14. The molecule has 0 radical (unpaired) electrons. The predicted octanol–water partition coefficient (Wildman–Crippen LogP) is 2.20. The van der Waals surface area contributed by atoms with Gasteiger partial charge in [-0.05, 0) is 25.0 Å². The maximum absolute atomic E-state index is 12.0. The Bertz CT molecular complexity index is 753. The Morgan fingerprint density at radius 2 is 2.14 bits per heavy atom. The maximum Gasteiger partial charge on any atom is 0.253 e. The van der Waals surface area contributed by atoms with Crippen molar-refractivity contribution in [2.24, 2.45) is 0 Å². The maximum atomic E-state index is 12.0. The van der Waals surface area contributed by atoms with Gasteiger partial charge in [-0.15, -0.1) is 0 Å². The van der Waals surface area contributed by atoms with Crippen molar-refractivity contribution in [3.8, 4) is 0 Å². The topological polar surface area (TPSA) is 64.0 Å². The highest BCUT2D eigenvalue weighted by Gasteiger charge is 2.25. The summed E-state index contributed by atoms with van der Waals surface area (Å²) in [5.74, 6) is 0.212. The highest BCUT2D eigenvalue weighted by molar-refractivity contribution is 6.33. The molecule has 22 heavy (non-hydrogen) atoms. The van der Waals surface area contributed by atoms with Crippen LogP contribution in [0.5, 0.6) is 0 Å². The van der Waals surface area contributed by atoms with Crippen LogP contribution in [0.1, 0.15) is 34.8 Å². The molecule has 1 amide bonds. The quantitative estimate of drug-likeness (QED) is 0.919. The highest BCUT2D eigenvalue weighted by Crippen LogP contribution is 2.38. The van der Waals surface area contributed by atoms with Gasteiger partial charge in [0.2, 0.25) is 0 Å². The molecule has 1 aliphatic rings. The van der Waals surface area contributed by atoms with Gasteiger partial charge in [-0.1, -0.05) is 23.7 Å². The number of carbonyl (C=O) groups excluding carboxylic acids is 1. The summed E-state index contributed by atoms with van der Waals surface area (Å²) in [5, 5.41) is 3.16. The summed E-state index contributed by atoms with van der Waals surface area (Å²) >= 11 is 5.97. The lowest BCUT2D eigenvalue weighted by molar-refractivity contribution is 0.0952. The molecule has 5 nitrogen and oxygen atoms in total. The second-order valence-corrected chi connectivity index (χ2v) is 5.76. The van der Waals surface area contributed by atoms with Crippen molar-refractivity contribution < 1.29 is 4.79 Å². The standard InChI is InChI=1S/C16H16ClN3O2/c17-13-4-2-1-3-12(13)16(22)18-7-8-20-10-19-14(9-15(20)21)11-5-6-11/h1-4,9-11H,5-8H2,(H,18,22). The fraction of sp³-hybridized carbons (Fsp3) is 0.312. The minimum absolute atomic E-state index is 0.0797. The molecular weight excluding hydrogens is 302 g/mol. The molecule has 0 aliphatic heterocycles. The summed E-state index contributed by atoms with van der Waals surface area (Å²) in [5.41, 5.74) is 1.23. The highest BCUT2D eigenvalue weighted by atomic mass is 35.5. The van der Waals surface area contributed by atoms with Crippen LogP contribution < -0.4 is 10.9 Å². The molecule has 1 N–H and O–H groups in total. The van der Waals surface area contributed by atoms with Crippen LogP contribution in [0.3, 0.4) is 0 Å². The average molecular weight is 318 g/mol. The van der Waals surface area contributed by atoms with Gasteiger partial charge in [0, 0.05) is 25.1 Å². The summed E-state index contributed by atoms with van der Waals surface area (Å²) < 4.78 is 1.50. The van der Waals surface area contributed by atoms with E-state index < -0.39 is 0 Å². The van der Waals surface area contributed by atoms with E-state index >= 15 is 0 Å². The summed E-state index contributed by atoms with van der Waals surface area (Å²) in [6, 6.07) is 8.45. The molecule has 0 atom stereocenters. The molecule has 1 fully saturated rings. The van der Waals surface area contributed by atoms with Crippen LogP contribution in [0, 0.1) is 0 Å². The summed E-state index contributed by atoms with van der Waals surface area (Å²) in [4.78, 5) is 28.3. The number of amides is 1. The van der Waals surface area contributed by atoms with Gasteiger partial charge in [-0.25, -0.2) is 4.98 Å². The average Bonchev–Trinajstić information content (AvgIpc) is 3.34. The summed E-state index contributed by atoms with van der Waals surface area (Å²) in [6.07, 6.45) is 3.78. The van der Waals surface area contributed by atoms with Gasteiger partial charge < -0.3 is 5.32 Å². The van der Waals surface area contributed by atoms with Crippen LogP contribution in [0.4, 0.5) is 0 Å². The first-order chi connectivity index (χ1) is 10.6. The van der Waals surface area contributed by atoms with E-state index in [2.05, 4.69) is 10.3 Å². The van der Waals surface area contributed by atoms with E-state index in [4.69, 9.17) is 11.6 Å². The number of carbonyl (C=O) groups is 1. The molecule has 0 unspecified atom stereocenters. The van der Waals surface area contributed by atoms with E-state index in [-0.39, 0.29) is 11.5 Å². The SMILES string of the molecule is O=C(NCCn1cnc(C2CC2)cc1=O)c1ccccc1Cl. The second-order valence-electron chi connectivity index (χ2n) is 5.36. The third kappa shape index (κ3) is 3.36. The van der Waals surface area contributed by atoms with Crippen molar-refractivity contribution in [1.29, 1.82) is 0 Å². The van der Waals surface area contributed by atoms with Gasteiger partial charge in [-0.2, -0.15) is 0 Å². The first-order valence-corrected chi connectivity index (χ1v) is 7.62. The van der Waals surface area contributed by atoms with E-state index in [1.54, 1.807) is 36.7 Å². The van der Waals surface area contributed by atoms with Crippen molar-refractivity contribution >= 4 is 17.5 Å². The minimum Gasteiger partial charge on any atom is -0.350 e. The Labute approximate surface area is 132 Å². The van der Waals surface area contributed by atoms with Gasteiger partial charge in [0.15, 0.2) is 0 Å². The third-order valence-electron chi connectivity index (χ3n) is 3.65. The van der Waals surface area contributed by atoms with Crippen LogP contribution in [-0.4, -0.2) is 22.0 Å². The van der Waals surface area contributed by atoms with Crippen molar-refractivity contribution in [2.75, 3.05) is 6.54 Å². The lowest BCUT2D eigenvalue weighted by Gasteiger charge is -2.08. The number of aromatic nitrogens is 2. The molecule has 2 aromatic rings. The Kier molecular flexibility index (Phi) is 4.24. The zero-order chi connectivity index (χ0) is 15.5. The van der Waals surface area contributed by atoms with Gasteiger partial charge in [0.25, 0.3) is 11.5 Å². The monoisotopic (exact) mass is 317 g/mol. The van der Waals surface area contributed by atoms with Crippen LogP contribution in [-0.2, 0) is 6.54 Å². The number of halogens is 1. The molecule has 0 spiro atoms. The molecule has 3 rings (SSSR count). The van der Waals surface area contributed by atoms with Crippen LogP contribution in [0.15, 0.2) is 41.5 Å². The smallest absolute Gasteiger partial charge is 0.253 e. The zero-order valence-electron chi connectivity index (χ0n) is 12.0. The number of nitrogens with one attached hydrogen (secondary N) is 1. The minimum atomic E-state index is -0.249. The van der Waals surface area contributed by atoms with Crippen LogP contribution >= 0.6 is 11.6 Å². The molecule has 0 saturated heterocycles. The van der Waals surface area contributed by atoms with E-state index in [9.17, 15) is 9.59 Å². The Balaban J connectivity index is 1.58. The van der Waals surface area contributed by atoms with Gasteiger partial charge >= 0.3 is 0 Å². The van der Waals surface area contributed by atoms with Crippen molar-refractivity contribution in [3.05, 3.63) is 63.3 Å². The zero-order valence-corrected chi connectivity index (χ0v) is 12.7. The largest absolute Gasteiger partial charge is 0.350 e. The van der Waals surface area contributed by atoms with E-state index in [0.717, 1.165) is 18.5 Å². The molecule has 1 aliphatic carbocycles. The normalized spacial score (nSPS) is 13.9. The molecule has 6 heteroatoms. The van der Waals surface area contributed by atoms with Gasteiger partial charge in [-0.3, -0.25) is 14.2 Å². The molecule has 1 saturated carbocycles. The molecular formula is C16H16ClN3O2. The molecule has 1 aromatic heterocycles. The second kappa shape index (κ2) is 6.32. The molecule has 1 heterocycles. The summed E-state index contributed by atoms with van der Waals surface area (Å²) in [6.45, 7) is 0.724. The molecule has 114 valence electrons. The fourth-order valence-corrected chi connectivity index (χ4v) is 2.46. The van der Waals surface area contributed by atoms with Crippen molar-refractivity contribution in [3.63, 3.8) is 0 Å². The van der Waals surface area contributed by atoms with Crippen LogP contribution in [0.25, 0.3) is 0 Å². The van der Waals surface area contributed by atoms with Crippen LogP contribution in [0.2, 0.25) is 5.02 Å². The first-order valence-electron chi connectivity index (χ1n) is 7.24.